The molecule has 15 heavy (non-hydrogen) atoms. The van der Waals surface area contributed by atoms with Crippen LogP contribution in [-0.2, 0) is 9.16 Å². The zero-order valence-electron chi connectivity index (χ0n) is 10.3. The van der Waals surface area contributed by atoms with Crippen molar-refractivity contribution >= 4 is 9.76 Å². The topological polar surface area (TPSA) is 21.8 Å². The third-order valence-corrected chi connectivity index (χ3v) is 5.17. The van der Waals surface area contributed by atoms with Gasteiger partial charge in [-0.1, -0.05) is 6.42 Å². The average Bonchev–Trinajstić information content (AvgIpc) is 2.88. The fourth-order valence-electron chi connectivity index (χ4n) is 2.50. The molecule has 0 spiro atoms. The van der Waals surface area contributed by atoms with Crippen molar-refractivity contribution in [1.29, 1.82) is 0 Å². The number of ether oxygens (including phenoxy) is 1. The van der Waals surface area contributed by atoms with Crippen LogP contribution in [-0.4, -0.2) is 27.6 Å². The van der Waals surface area contributed by atoms with Gasteiger partial charge in [-0.15, -0.1) is 0 Å². The fourth-order valence-corrected chi connectivity index (χ4v) is 4.00. The Morgan fingerprint density at radius 2 is 2.07 bits per heavy atom. The van der Waals surface area contributed by atoms with Gasteiger partial charge in [-0.25, -0.2) is 0 Å². The highest BCUT2D eigenvalue weighted by Gasteiger charge is 2.43. The molecule has 1 saturated heterocycles. The summed E-state index contributed by atoms with van der Waals surface area (Å²) in [5.41, 5.74) is 0.0868. The molecular weight excluding hydrogens is 204 g/mol. The van der Waals surface area contributed by atoms with E-state index in [1.807, 2.05) is 0 Å². The molecule has 88 valence electrons. The van der Waals surface area contributed by atoms with E-state index in [4.69, 9.17) is 9.16 Å². The SMILES string of the molecule is CC(C)(C)O[SiH2]CCC1CCC2OC2C1. The van der Waals surface area contributed by atoms with Crippen molar-refractivity contribution in [2.24, 2.45) is 5.92 Å². The predicted molar refractivity (Wildman–Crippen MR) is 64.8 cm³/mol. The molecule has 1 aliphatic carbocycles. The van der Waals surface area contributed by atoms with Crippen LogP contribution in [0.5, 0.6) is 0 Å². The lowest BCUT2D eigenvalue weighted by molar-refractivity contribution is 0.137. The monoisotopic (exact) mass is 228 g/mol. The molecule has 3 unspecified atom stereocenters. The van der Waals surface area contributed by atoms with E-state index < -0.39 is 0 Å². The lowest BCUT2D eigenvalue weighted by Crippen LogP contribution is -2.22. The molecule has 3 heteroatoms. The third-order valence-electron chi connectivity index (χ3n) is 3.40. The maximum atomic E-state index is 5.87. The van der Waals surface area contributed by atoms with Gasteiger partial charge in [0.25, 0.3) is 0 Å². The summed E-state index contributed by atoms with van der Waals surface area (Å²) in [6.07, 6.45) is 6.73. The summed E-state index contributed by atoms with van der Waals surface area (Å²) in [5, 5.41) is 0. The van der Waals surface area contributed by atoms with Gasteiger partial charge in [0.2, 0.25) is 0 Å². The molecule has 0 radical (unpaired) electrons. The normalized spacial score (nSPS) is 35.8. The Kier molecular flexibility index (Phi) is 3.53. The van der Waals surface area contributed by atoms with Gasteiger partial charge in [-0.2, -0.15) is 0 Å². The third kappa shape index (κ3) is 3.89. The molecule has 0 N–H and O–H groups in total. The molecule has 2 rings (SSSR count). The van der Waals surface area contributed by atoms with Crippen molar-refractivity contribution in [3.63, 3.8) is 0 Å². The molecule has 1 saturated carbocycles. The van der Waals surface area contributed by atoms with Gasteiger partial charge in [-0.3, -0.25) is 0 Å². The van der Waals surface area contributed by atoms with Gasteiger partial charge in [0.1, 0.15) is 0 Å². The fraction of sp³-hybridized carbons (Fsp3) is 1.00. The molecule has 0 aromatic rings. The van der Waals surface area contributed by atoms with Crippen LogP contribution < -0.4 is 0 Å². The number of hydrogen-bond acceptors (Lipinski definition) is 2. The van der Waals surface area contributed by atoms with Crippen molar-refractivity contribution in [1.82, 2.24) is 0 Å². The second-order valence-electron chi connectivity index (χ2n) is 6.00. The standard InChI is InChI=1S/C12H24O2Si/c1-12(2,3)14-15-7-6-9-4-5-10-11(8-9)13-10/h9-11H,4-8,15H2,1-3H3. The summed E-state index contributed by atoms with van der Waals surface area (Å²) in [6.45, 7) is 6.47. The van der Waals surface area contributed by atoms with Gasteiger partial charge < -0.3 is 9.16 Å². The largest absolute Gasteiger partial charge is 0.419 e. The van der Waals surface area contributed by atoms with Crippen LogP contribution in [0.15, 0.2) is 0 Å². The molecule has 0 bridgehead atoms. The Bertz CT molecular complexity index is 212. The van der Waals surface area contributed by atoms with Crippen molar-refractivity contribution < 1.29 is 9.16 Å². The van der Waals surface area contributed by atoms with Crippen LogP contribution in [0.4, 0.5) is 0 Å². The van der Waals surface area contributed by atoms with Crippen LogP contribution >= 0.6 is 0 Å². The van der Waals surface area contributed by atoms with Gasteiger partial charge in [0, 0.05) is 5.60 Å². The van der Waals surface area contributed by atoms with Crippen molar-refractivity contribution in [2.45, 2.75) is 70.3 Å². The van der Waals surface area contributed by atoms with E-state index in [0.29, 0.717) is 12.2 Å². The van der Waals surface area contributed by atoms with Crippen molar-refractivity contribution in [3.05, 3.63) is 0 Å². The van der Waals surface area contributed by atoms with Gasteiger partial charge in [0.05, 0.1) is 12.2 Å². The molecule has 1 heterocycles. The Morgan fingerprint density at radius 3 is 2.73 bits per heavy atom. The van der Waals surface area contributed by atoms with Crippen LogP contribution in [0.2, 0.25) is 6.04 Å². The van der Waals surface area contributed by atoms with E-state index in [1.54, 1.807) is 0 Å². The quantitative estimate of drug-likeness (QED) is 0.418. The van der Waals surface area contributed by atoms with Crippen molar-refractivity contribution in [3.8, 4) is 0 Å². The number of epoxide rings is 1. The lowest BCUT2D eigenvalue weighted by atomic mass is 9.88. The van der Waals surface area contributed by atoms with Gasteiger partial charge in [0.15, 0.2) is 9.76 Å². The highest BCUT2D eigenvalue weighted by molar-refractivity contribution is 6.27. The van der Waals surface area contributed by atoms with Gasteiger partial charge >= 0.3 is 0 Å². The highest BCUT2D eigenvalue weighted by Crippen LogP contribution is 2.40. The highest BCUT2D eigenvalue weighted by atomic mass is 28.2. The second-order valence-corrected chi connectivity index (χ2v) is 7.40. The molecule has 2 aliphatic rings. The van der Waals surface area contributed by atoms with Crippen LogP contribution in [0, 0.1) is 5.92 Å². The first-order valence-corrected chi connectivity index (χ1v) is 7.92. The van der Waals surface area contributed by atoms with Crippen LogP contribution in [0.1, 0.15) is 46.5 Å². The minimum atomic E-state index is -0.282. The Morgan fingerprint density at radius 1 is 1.27 bits per heavy atom. The summed E-state index contributed by atoms with van der Waals surface area (Å²) >= 11 is 0. The molecule has 0 amide bonds. The zero-order valence-corrected chi connectivity index (χ0v) is 11.7. The number of rotatable bonds is 4. The van der Waals surface area contributed by atoms with E-state index >= 15 is 0 Å². The summed E-state index contributed by atoms with van der Waals surface area (Å²) < 4.78 is 11.4. The number of fused-ring (bicyclic) bond motifs is 1. The molecule has 0 aromatic carbocycles. The molecule has 2 nitrogen and oxygen atoms in total. The first-order chi connectivity index (χ1) is 7.04. The molecule has 2 fully saturated rings. The second kappa shape index (κ2) is 4.56. The lowest BCUT2D eigenvalue weighted by Gasteiger charge is -2.22. The van der Waals surface area contributed by atoms with E-state index in [-0.39, 0.29) is 15.4 Å². The van der Waals surface area contributed by atoms with Gasteiger partial charge in [-0.05, 0) is 52.0 Å². The summed E-state index contributed by atoms with van der Waals surface area (Å²) in [7, 11) is -0.282. The molecular formula is C12H24O2Si. The Labute approximate surface area is 95.7 Å². The van der Waals surface area contributed by atoms with Crippen LogP contribution in [0.25, 0.3) is 0 Å². The van der Waals surface area contributed by atoms with E-state index in [1.165, 1.54) is 31.7 Å². The molecule has 1 aliphatic heterocycles. The summed E-state index contributed by atoms with van der Waals surface area (Å²) in [5.74, 6) is 0.935. The first-order valence-electron chi connectivity index (χ1n) is 6.34. The first kappa shape index (κ1) is 11.6. The number of hydrogen-bond donors (Lipinski definition) is 0. The van der Waals surface area contributed by atoms with E-state index in [0.717, 1.165) is 5.92 Å². The molecule has 3 atom stereocenters. The maximum absolute atomic E-state index is 5.87. The minimum absolute atomic E-state index is 0.0868. The minimum Gasteiger partial charge on any atom is -0.419 e. The van der Waals surface area contributed by atoms with E-state index in [2.05, 4.69) is 20.8 Å². The average molecular weight is 228 g/mol. The summed E-state index contributed by atoms with van der Waals surface area (Å²) in [6, 6.07) is 1.35. The zero-order chi connectivity index (χ0) is 10.9. The Balaban J connectivity index is 1.54. The van der Waals surface area contributed by atoms with E-state index in [9.17, 15) is 0 Å². The smallest absolute Gasteiger partial charge is 0.162 e. The predicted octanol–water partition coefficient (Wildman–Crippen LogP) is 2.26. The maximum Gasteiger partial charge on any atom is 0.162 e. The van der Waals surface area contributed by atoms with Crippen LogP contribution in [0.3, 0.4) is 0 Å². The summed E-state index contributed by atoms with van der Waals surface area (Å²) in [4.78, 5) is 0. The van der Waals surface area contributed by atoms with Crippen molar-refractivity contribution in [2.75, 3.05) is 0 Å². The Hall–Kier alpha value is 0.137. The molecule has 0 aromatic heterocycles.